The first-order valence-electron chi connectivity index (χ1n) is 12.2. The van der Waals surface area contributed by atoms with Crippen LogP contribution >= 0.6 is 0 Å². The predicted octanol–water partition coefficient (Wildman–Crippen LogP) is 3.53. The summed E-state index contributed by atoms with van der Waals surface area (Å²) in [5.41, 5.74) is -1.52. The van der Waals surface area contributed by atoms with Crippen LogP contribution in [0.2, 0.25) is 0 Å². The van der Waals surface area contributed by atoms with Gasteiger partial charge in [-0.3, -0.25) is 9.59 Å². The Morgan fingerprint density at radius 1 is 1.09 bits per heavy atom. The van der Waals surface area contributed by atoms with Gasteiger partial charge in [-0.1, -0.05) is 0 Å². The Kier molecular flexibility index (Phi) is 8.12. The minimum atomic E-state index is -5.42. The summed E-state index contributed by atoms with van der Waals surface area (Å²) in [5.74, 6) is -4.57. The summed E-state index contributed by atoms with van der Waals surface area (Å²) < 4.78 is 139. The number of anilines is 1. The third-order valence-electron chi connectivity index (χ3n) is 6.62. The third-order valence-corrected chi connectivity index (χ3v) is 6.62. The monoisotopic (exact) mass is 646 g/mol. The predicted molar refractivity (Wildman–Crippen MR) is 129 cm³/mol. The van der Waals surface area contributed by atoms with Gasteiger partial charge in [0.05, 0.1) is 29.4 Å². The highest BCUT2D eigenvalue weighted by Crippen LogP contribution is 2.39. The molecule has 0 bridgehead atoms. The van der Waals surface area contributed by atoms with Gasteiger partial charge in [0.1, 0.15) is 23.8 Å². The summed E-state index contributed by atoms with van der Waals surface area (Å²) in [4.78, 5) is 29.3. The van der Waals surface area contributed by atoms with E-state index >= 15 is 0 Å². The number of nitrogen functional groups attached to an aromatic ring is 1. The number of benzene rings is 1. The summed E-state index contributed by atoms with van der Waals surface area (Å²) in [6.45, 7) is -3.61. The number of fused-ring (bicyclic) bond motifs is 1. The molecule has 10 nitrogen and oxygen atoms in total. The third kappa shape index (κ3) is 6.29. The van der Waals surface area contributed by atoms with Crippen molar-refractivity contribution in [1.82, 2.24) is 24.8 Å². The lowest BCUT2D eigenvalue weighted by Gasteiger charge is -2.29. The lowest BCUT2D eigenvalue weighted by atomic mass is 10.0. The maximum absolute atomic E-state index is 14.7. The van der Waals surface area contributed by atoms with E-state index in [1.165, 1.54) is 0 Å². The van der Waals surface area contributed by atoms with E-state index in [1.54, 1.807) is 0 Å². The summed E-state index contributed by atoms with van der Waals surface area (Å²) in [5, 5.41) is 15.4. The molecule has 1 fully saturated rings. The number of likely N-dealkylation sites (tertiary alicyclic amines) is 1. The number of nitrogens with one attached hydrogen (secondary N) is 1. The van der Waals surface area contributed by atoms with E-state index in [2.05, 4.69) is 14.8 Å². The molecule has 20 heteroatoms. The van der Waals surface area contributed by atoms with Gasteiger partial charge in [-0.05, 0) is 31.2 Å². The number of hydrogen-bond donors (Lipinski definition) is 3. The molecule has 1 aliphatic heterocycles. The van der Waals surface area contributed by atoms with Crippen molar-refractivity contribution in [3.8, 4) is 17.0 Å². The maximum atomic E-state index is 14.7. The molecule has 240 valence electrons. The number of hydrogen-bond acceptors (Lipinski definition) is 7. The van der Waals surface area contributed by atoms with E-state index in [0.717, 1.165) is 29.0 Å². The second-order valence-electron chi connectivity index (χ2n) is 9.84. The van der Waals surface area contributed by atoms with Gasteiger partial charge < -0.3 is 25.8 Å². The first-order valence-corrected chi connectivity index (χ1v) is 12.2. The van der Waals surface area contributed by atoms with Gasteiger partial charge in [0, 0.05) is 12.1 Å². The number of alkyl halides is 10. The van der Waals surface area contributed by atoms with E-state index in [4.69, 9.17) is 5.73 Å². The summed E-state index contributed by atoms with van der Waals surface area (Å²) in [6.07, 6.45) is -16.6. The normalized spacial score (nSPS) is 19.2. The molecule has 2 aromatic heterocycles. The van der Waals surface area contributed by atoms with Crippen molar-refractivity contribution in [2.75, 3.05) is 25.4 Å². The number of halogens is 10. The first kappa shape index (κ1) is 32.6. The van der Waals surface area contributed by atoms with E-state index in [-0.39, 0.29) is 18.2 Å². The molecule has 4 rings (SSSR count). The van der Waals surface area contributed by atoms with Crippen LogP contribution in [-0.2, 0) is 11.0 Å². The average molecular weight is 646 g/mol. The molecule has 1 aromatic carbocycles. The van der Waals surface area contributed by atoms with Gasteiger partial charge in [0.25, 0.3) is 11.8 Å². The SMILES string of the molecule is CC(O)(C(=O)N1C[C@H](F)[C@H](NC(=O)c2cc(-c3cc(C(F)(F)F)c4c(N)ncnn34)ccc2OCC(F)(F)F)C1)C(F)(F)F. The topological polar surface area (TPSA) is 135 Å². The Balaban J connectivity index is 1.71. The van der Waals surface area contributed by atoms with Gasteiger partial charge in [-0.25, -0.2) is 13.9 Å². The number of nitrogens with two attached hydrogens (primary N) is 1. The van der Waals surface area contributed by atoms with Crippen LogP contribution in [0.4, 0.5) is 49.7 Å². The number of nitrogens with zero attached hydrogens (tertiary/aromatic N) is 4. The molecule has 1 aliphatic rings. The molecular weight excluding hydrogens is 626 g/mol. The van der Waals surface area contributed by atoms with E-state index in [1.807, 2.05) is 5.32 Å². The molecular formula is C24H20F10N6O4. The number of aliphatic hydroxyl groups is 1. The fourth-order valence-corrected chi connectivity index (χ4v) is 4.38. The Morgan fingerprint density at radius 3 is 2.34 bits per heavy atom. The first-order chi connectivity index (χ1) is 20.1. The quantitative estimate of drug-likeness (QED) is 0.349. The van der Waals surface area contributed by atoms with Crippen molar-refractivity contribution in [2.24, 2.45) is 0 Å². The highest BCUT2D eigenvalue weighted by Gasteiger charge is 2.58. The number of aromatic nitrogens is 3. The molecule has 4 N–H and O–H groups in total. The molecule has 1 saturated heterocycles. The van der Waals surface area contributed by atoms with Crippen molar-refractivity contribution in [3.63, 3.8) is 0 Å². The Hall–Kier alpha value is -4.36. The summed E-state index contributed by atoms with van der Waals surface area (Å²) in [7, 11) is 0. The van der Waals surface area contributed by atoms with Gasteiger partial charge in [-0.15, -0.1) is 0 Å². The molecule has 0 aliphatic carbocycles. The lowest BCUT2D eigenvalue weighted by Crippen LogP contribution is -2.56. The zero-order valence-electron chi connectivity index (χ0n) is 22.0. The standard InChI is InChI=1S/C24H20F10N6O4/c1-21(43,24(32,33)34)20(42)39-6-13(25)14(7-39)38-19(41)11-4-10(2-3-16(11)44-8-22(26,27)28)15-5-12(23(29,30)31)17-18(35)36-9-37-40(15)17/h2-5,9,13-14,43H,6-8H2,1H3,(H,38,41)(H2,35,36,37)/t13-,14+,21?/m0/s1. The van der Waals surface area contributed by atoms with Gasteiger partial charge >= 0.3 is 18.5 Å². The number of carbonyl (C=O) groups excluding carboxylic acids is 2. The van der Waals surface area contributed by atoms with Crippen LogP contribution in [0.1, 0.15) is 22.8 Å². The molecule has 0 saturated carbocycles. The fourth-order valence-electron chi connectivity index (χ4n) is 4.38. The summed E-state index contributed by atoms with van der Waals surface area (Å²) >= 11 is 0. The largest absolute Gasteiger partial charge is 0.483 e. The number of ether oxygens (including phenoxy) is 1. The minimum Gasteiger partial charge on any atom is -0.483 e. The molecule has 44 heavy (non-hydrogen) atoms. The van der Waals surface area contributed by atoms with Crippen LogP contribution in [0.15, 0.2) is 30.6 Å². The van der Waals surface area contributed by atoms with Gasteiger partial charge in [0.2, 0.25) is 5.60 Å². The Bertz CT molecular complexity index is 1580. The fraction of sp³-hybridized carbons (Fsp3) is 0.417. The van der Waals surface area contributed by atoms with Crippen LogP contribution < -0.4 is 15.8 Å². The average Bonchev–Trinajstić information content (AvgIpc) is 3.47. The Labute approximate surface area is 239 Å². The van der Waals surface area contributed by atoms with Crippen molar-refractivity contribution in [1.29, 1.82) is 0 Å². The van der Waals surface area contributed by atoms with E-state index in [0.29, 0.717) is 11.0 Å². The maximum Gasteiger partial charge on any atom is 0.426 e. The molecule has 2 amide bonds. The second kappa shape index (κ2) is 11.0. The molecule has 3 atom stereocenters. The second-order valence-corrected chi connectivity index (χ2v) is 9.84. The molecule has 1 unspecified atom stereocenters. The van der Waals surface area contributed by atoms with Crippen molar-refractivity contribution in [2.45, 2.75) is 43.3 Å². The van der Waals surface area contributed by atoms with Crippen LogP contribution in [0.5, 0.6) is 5.75 Å². The van der Waals surface area contributed by atoms with Crippen LogP contribution in [0.25, 0.3) is 16.8 Å². The summed E-state index contributed by atoms with van der Waals surface area (Å²) in [6, 6.07) is 1.55. The smallest absolute Gasteiger partial charge is 0.426 e. The molecule has 3 aromatic rings. The highest BCUT2D eigenvalue weighted by atomic mass is 19.4. The van der Waals surface area contributed by atoms with Crippen LogP contribution in [0.3, 0.4) is 0 Å². The molecule has 3 heterocycles. The van der Waals surface area contributed by atoms with Crippen molar-refractivity contribution < 1.29 is 63.3 Å². The zero-order valence-corrected chi connectivity index (χ0v) is 22.0. The van der Waals surface area contributed by atoms with Gasteiger partial charge in [-0.2, -0.15) is 44.6 Å². The van der Waals surface area contributed by atoms with E-state index < -0.39 is 96.1 Å². The molecule has 0 radical (unpaired) electrons. The Morgan fingerprint density at radius 2 is 1.75 bits per heavy atom. The minimum absolute atomic E-state index is 0.151. The number of amides is 2. The van der Waals surface area contributed by atoms with Gasteiger partial charge in [0.15, 0.2) is 12.4 Å². The van der Waals surface area contributed by atoms with Crippen molar-refractivity contribution >= 4 is 23.1 Å². The van der Waals surface area contributed by atoms with Crippen LogP contribution in [-0.4, -0.2) is 86.3 Å². The lowest BCUT2D eigenvalue weighted by molar-refractivity contribution is -0.249. The molecule has 0 spiro atoms. The number of rotatable bonds is 6. The van der Waals surface area contributed by atoms with Crippen molar-refractivity contribution in [3.05, 3.63) is 41.7 Å². The highest BCUT2D eigenvalue weighted by molar-refractivity contribution is 5.98. The van der Waals surface area contributed by atoms with Crippen LogP contribution in [0, 0.1) is 0 Å². The van der Waals surface area contributed by atoms with E-state index in [9.17, 15) is 58.6 Å². The number of carbonyl (C=O) groups is 2. The zero-order chi connectivity index (χ0) is 33.0.